The number of carbonyl (C=O) groups is 1. The summed E-state index contributed by atoms with van der Waals surface area (Å²) < 4.78 is 4.90. The van der Waals surface area contributed by atoms with Crippen LogP contribution >= 0.6 is 23.5 Å². The fourth-order valence-electron chi connectivity index (χ4n) is 2.78. The fourth-order valence-corrected chi connectivity index (χ4v) is 4.69. The van der Waals surface area contributed by atoms with Gasteiger partial charge in [0.1, 0.15) is 0 Å². The summed E-state index contributed by atoms with van der Waals surface area (Å²) in [6.07, 6.45) is 2.86. The lowest BCUT2D eigenvalue weighted by Gasteiger charge is -2.10. The average Bonchev–Trinajstić information content (AvgIpc) is 3.14. The Balaban J connectivity index is 1.45. The van der Waals surface area contributed by atoms with E-state index in [0.717, 1.165) is 46.4 Å². The molecule has 6 nitrogen and oxygen atoms in total. The van der Waals surface area contributed by atoms with E-state index in [1.165, 1.54) is 10.5 Å². The molecule has 0 amide bonds. The fraction of sp³-hybridized carbons (Fsp3) is 0.381. The summed E-state index contributed by atoms with van der Waals surface area (Å²) in [5.74, 6) is 1.56. The van der Waals surface area contributed by atoms with Crippen molar-refractivity contribution in [1.82, 2.24) is 20.3 Å². The van der Waals surface area contributed by atoms with Gasteiger partial charge in [-0.25, -0.2) is 4.98 Å². The molecule has 0 aliphatic rings. The van der Waals surface area contributed by atoms with E-state index in [4.69, 9.17) is 4.74 Å². The molecule has 0 bridgehead atoms. The number of pyridine rings is 1. The summed E-state index contributed by atoms with van der Waals surface area (Å²) in [4.78, 5) is 25.1. The minimum Gasteiger partial charge on any atom is -0.465 e. The predicted molar refractivity (Wildman–Crippen MR) is 119 cm³/mol. The van der Waals surface area contributed by atoms with Crippen molar-refractivity contribution in [1.29, 1.82) is 0 Å². The number of carbonyl (C=O) groups excluding carboxylic acids is 1. The molecule has 0 aliphatic heterocycles. The van der Waals surface area contributed by atoms with E-state index in [1.54, 1.807) is 11.8 Å². The lowest BCUT2D eigenvalue weighted by molar-refractivity contribution is -0.141. The van der Waals surface area contributed by atoms with Gasteiger partial charge < -0.3 is 15.0 Å². The van der Waals surface area contributed by atoms with Gasteiger partial charge in [-0.05, 0) is 56.3 Å². The van der Waals surface area contributed by atoms with Crippen LogP contribution in [-0.4, -0.2) is 46.4 Å². The zero-order valence-corrected chi connectivity index (χ0v) is 18.4. The van der Waals surface area contributed by atoms with E-state index in [9.17, 15) is 4.79 Å². The highest BCUT2D eigenvalue weighted by Crippen LogP contribution is 2.28. The number of fused-ring (bicyclic) bond motifs is 1. The number of esters is 1. The van der Waals surface area contributed by atoms with Gasteiger partial charge in [-0.1, -0.05) is 23.9 Å². The maximum absolute atomic E-state index is 11.3. The molecule has 0 aliphatic carbocycles. The summed E-state index contributed by atoms with van der Waals surface area (Å²) in [6.45, 7) is 5.44. The van der Waals surface area contributed by atoms with Crippen molar-refractivity contribution < 1.29 is 9.53 Å². The third-order valence-corrected chi connectivity index (χ3v) is 6.43. The molecule has 154 valence electrons. The molecular weight excluding hydrogens is 404 g/mol. The first kappa shape index (κ1) is 21.7. The van der Waals surface area contributed by atoms with Crippen LogP contribution in [0.2, 0.25) is 0 Å². The van der Waals surface area contributed by atoms with Crippen LogP contribution in [0, 0.1) is 6.92 Å². The lowest BCUT2D eigenvalue weighted by atomic mass is 10.2. The van der Waals surface area contributed by atoms with E-state index in [0.29, 0.717) is 6.61 Å². The zero-order valence-electron chi connectivity index (χ0n) is 16.7. The Morgan fingerprint density at radius 3 is 2.93 bits per heavy atom. The van der Waals surface area contributed by atoms with E-state index in [2.05, 4.69) is 33.3 Å². The Kier molecular flexibility index (Phi) is 8.39. The number of rotatable bonds is 11. The van der Waals surface area contributed by atoms with Crippen molar-refractivity contribution in [2.45, 2.75) is 36.1 Å². The van der Waals surface area contributed by atoms with E-state index < -0.39 is 0 Å². The van der Waals surface area contributed by atoms with Crippen LogP contribution in [-0.2, 0) is 15.3 Å². The molecule has 29 heavy (non-hydrogen) atoms. The van der Waals surface area contributed by atoms with Gasteiger partial charge in [0, 0.05) is 16.8 Å². The molecule has 0 saturated heterocycles. The van der Waals surface area contributed by atoms with Crippen molar-refractivity contribution in [3.63, 3.8) is 0 Å². The topological polar surface area (TPSA) is 79.9 Å². The monoisotopic (exact) mass is 430 g/mol. The van der Waals surface area contributed by atoms with Crippen LogP contribution in [0.5, 0.6) is 0 Å². The van der Waals surface area contributed by atoms with E-state index in [1.807, 2.05) is 49.1 Å². The van der Waals surface area contributed by atoms with Crippen molar-refractivity contribution in [3.8, 4) is 0 Å². The maximum atomic E-state index is 11.3. The number of aromatic nitrogens is 3. The van der Waals surface area contributed by atoms with Gasteiger partial charge in [-0.3, -0.25) is 9.78 Å². The average molecular weight is 431 g/mol. The molecule has 0 atom stereocenters. The summed E-state index contributed by atoms with van der Waals surface area (Å²) in [6, 6.07) is 10.1. The number of ether oxygens (including phenoxy) is 1. The van der Waals surface area contributed by atoms with Gasteiger partial charge in [-0.15, -0.1) is 11.8 Å². The number of H-pyrrole nitrogens is 1. The molecule has 3 rings (SSSR count). The highest BCUT2D eigenvalue weighted by molar-refractivity contribution is 7.99. The molecule has 3 aromatic rings. The van der Waals surface area contributed by atoms with Gasteiger partial charge >= 0.3 is 5.97 Å². The Labute approximate surface area is 179 Å². The Bertz CT molecular complexity index is 912. The third kappa shape index (κ3) is 6.48. The predicted octanol–water partition coefficient (Wildman–Crippen LogP) is 4.19. The number of thioether (sulfide) groups is 2. The van der Waals surface area contributed by atoms with Crippen molar-refractivity contribution >= 4 is 40.5 Å². The summed E-state index contributed by atoms with van der Waals surface area (Å²) in [5, 5.41) is 4.03. The third-order valence-electron chi connectivity index (χ3n) is 4.30. The van der Waals surface area contributed by atoms with E-state index >= 15 is 0 Å². The lowest BCUT2D eigenvalue weighted by Crippen LogP contribution is -2.25. The van der Waals surface area contributed by atoms with Gasteiger partial charge in [-0.2, -0.15) is 0 Å². The number of nitrogens with zero attached hydrogens (tertiary/aromatic N) is 2. The SMILES string of the molecule is CCOC(=O)CNCCCSc1ccnc(CSc2nc3ccccc3[nH]2)c1C. The molecule has 0 unspecified atom stereocenters. The highest BCUT2D eigenvalue weighted by Gasteiger charge is 2.09. The first-order chi connectivity index (χ1) is 14.2. The molecule has 0 fully saturated rings. The van der Waals surface area contributed by atoms with Crippen LogP contribution in [0.25, 0.3) is 11.0 Å². The molecule has 0 saturated carbocycles. The second-order valence-corrected chi connectivity index (χ2v) is 8.51. The van der Waals surface area contributed by atoms with Gasteiger partial charge in [0.05, 0.1) is 29.9 Å². The zero-order chi connectivity index (χ0) is 20.5. The number of nitrogens with one attached hydrogen (secondary N) is 2. The number of benzene rings is 1. The molecule has 2 N–H and O–H groups in total. The molecule has 0 radical (unpaired) electrons. The molecule has 0 spiro atoms. The summed E-state index contributed by atoms with van der Waals surface area (Å²) in [5.41, 5.74) is 4.35. The van der Waals surface area contributed by atoms with Crippen molar-refractivity contribution in [2.75, 3.05) is 25.4 Å². The molecular formula is C21H26N4O2S2. The van der Waals surface area contributed by atoms with Crippen LogP contribution < -0.4 is 5.32 Å². The summed E-state index contributed by atoms with van der Waals surface area (Å²) >= 11 is 3.50. The van der Waals surface area contributed by atoms with Crippen LogP contribution in [0.4, 0.5) is 0 Å². The van der Waals surface area contributed by atoms with Crippen molar-refractivity contribution in [2.24, 2.45) is 0 Å². The molecule has 8 heteroatoms. The van der Waals surface area contributed by atoms with Gasteiger partial charge in [0.25, 0.3) is 0 Å². The smallest absolute Gasteiger partial charge is 0.319 e. The number of para-hydroxylation sites is 2. The van der Waals surface area contributed by atoms with Crippen LogP contribution in [0.15, 0.2) is 46.6 Å². The minimum atomic E-state index is -0.197. The van der Waals surface area contributed by atoms with Gasteiger partial charge in [0.2, 0.25) is 0 Å². The number of hydrogen-bond donors (Lipinski definition) is 2. The Hall–Kier alpha value is -2.03. The normalized spacial score (nSPS) is 11.1. The summed E-state index contributed by atoms with van der Waals surface area (Å²) in [7, 11) is 0. The number of aromatic amines is 1. The Morgan fingerprint density at radius 2 is 2.10 bits per heavy atom. The standard InChI is InChI=1S/C21H26N4O2S2/c1-3-27-20(26)13-22-10-6-12-28-19-9-11-23-18(15(19)2)14-29-21-24-16-7-4-5-8-17(16)25-21/h4-5,7-9,11,22H,3,6,10,12-14H2,1-2H3,(H,24,25). The first-order valence-electron chi connectivity index (χ1n) is 9.68. The Morgan fingerprint density at radius 1 is 1.24 bits per heavy atom. The van der Waals surface area contributed by atoms with Crippen molar-refractivity contribution in [3.05, 3.63) is 47.8 Å². The first-order valence-corrected chi connectivity index (χ1v) is 11.7. The maximum Gasteiger partial charge on any atom is 0.319 e. The molecule has 2 aromatic heterocycles. The highest BCUT2D eigenvalue weighted by atomic mass is 32.2. The quantitative estimate of drug-likeness (QED) is 0.268. The van der Waals surface area contributed by atoms with Crippen LogP contribution in [0.3, 0.4) is 0 Å². The minimum absolute atomic E-state index is 0.197. The van der Waals surface area contributed by atoms with Gasteiger partial charge in [0.15, 0.2) is 5.16 Å². The molecule has 1 aromatic carbocycles. The second-order valence-electron chi connectivity index (χ2n) is 6.41. The largest absolute Gasteiger partial charge is 0.465 e. The number of hydrogen-bond acceptors (Lipinski definition) is 7. The number of imidazole rings is 1. The molecule has 2 heterocycles. The van der Waals surface area contributed by atoms with Crippen LogP contribution in [0.1, 0.15) is 24.6 Å². The second kappa shape index (κ2) is 11.2. The van der Waals surface area contributed by atoms with E-state index in [-0.39, 0.29) is 12.5 Å².